The zero-order valence-corrected chi connectivity index (χ0v) is 17.4. The third-order valence-electron chi connectivity index (χ3n) is 5.86. The van der Waals surface area contributed by atoms with Crippen molar-refractivity contribution >= 4 is 50.0 Å². The molecule has 3 heterocycles. The molecule has 6 rings (SSSR count). The van der Waals surface area contributed by atoms with Crippen LogP contribution in [0.25, 0.3) is 38.3 Å². The van der Waals surface area contributed by atoms with Crippen molar-refractivity contribution in [1.82, 2.24) is 9.55 Å². The van der Waals surface area contributed by atoms with Crippen LogP contribution in [0.1, 0.15) is 25.6 Å². The molecule has 1 aliphatic rings. The fraction of sp³-hybridized carbons (Fsp3) is 0.0385. The summed E-state index contributed by atoms with van der Waals surface area (Å²) >= 11 is 1.58. The van der Waals surface area contributed by atoms with Crippen LogP contribution in [0, 0.1) is 0 Å². The summed E-state index contributed by atoms with van der Waals surface area (Å²) in [7, 11) is 2.02. The predicted molar refractivity (Wildman–Crippen MR) is 125 cm³/mol. The van der Waals surface area contributed by atoms with Crippen molar-refractivity contribution in [3.63, 3.8) is 0 Å². The van der Waals surface area contributed by atoms with E-state index in [1.807, 2.05) is 67.8 Å². The van der Waals surface area contributed by atoms with Gasteiger partial charge >= 0.3 is 0 Å². The third-order valence-corrected chi connectivity index (χ3v) is 6.88. The van der Waals surface area contributed by atoms with Crippen molar-refractivity contribution in [3.8, 4) is 11.3 Å². The number of pyridine rings is 1. The summed E-state index contributed by atoms with van der Waals surface area (Å²) in [5, 5.41) is 1.93. The van der Waals surface area contributed by atoms with Crippen molar-refractivity contribution in [1.29, 1.82) is 0 Å². The summed E-state index contributed by atoms with van der Waals surface area (Å²) in [5.41, 5.74) is 4.43. The Labute approximate surface area is 182 Å². The number of thiophene rings is 1. The molecule has 1 aliphatic carbocycles. The van der Waals surface area contributed by atoms with Crippen LogP contribution in [-0.2, 0) is 7.05 Å². The Kier molecular flexibility index (Phi) is 3.82. The topological polar surface area (TPSA) is 52.0 Å². The van der Waals surface area contributed by atoms with Gasteiger partial charge in [0, 0.05) is 41.0 Å². The van der Waals surface area contributed by atoms with E-state index < -0.39 is 0 Å². The first-order chi connectivity index (χ1) is 15.1. The molecule has 0 aliphatic heterocycles. The molecule has 5 aromatic rings. The molecule has 0 saturated carbocycles. The van der Waals surface area contributed by atoms with Crippen LogP contribution < -0.4 is 0 Å². The third kappa shape index (κ3) is 2.71. The van der Waals surface area contributed by atoms with Crippen LogP contribution in [0.15, 0.2) is 78.6 Å². The number of fused-ring (bicyclic) bond motifs is 3. The SMILES string of the molecule is Cn1c(-c2cccnc2)cc2sc(C=C3C(=O)c4cc5ccccc5cc4C3=O)cc21. The standard InChI is InChI=1S/C26H16N2O2S/c1-28-22(17-7-4-8-27-14-17)13-24-23(28)12-18(31-24)11-21-25(29)19-9-15-5-2-3-6-16(15)10-20(19)26(21)30/h2-14H,1H3. The Morgan fingerprint density at radius 2 is 1.61 bits per heavy atom. The highest BCUT2D eigenvalue weighted by Gasteiger charge is 2.33. The molecule has 0 saturated heterocycles. The minimum absolute atomic E-state index is 0.195. The number of allylic oxidation sites excluding steroid dienone is 1. The van der Waals surface area contributed by atoms with Crippen molar-refractivity contribution in [2.24, 2.45) is 7.05 Å². The Morgan fingerprint density at radius 1 is 0.903 bits per heavy atom. The molecule has 0 atom stereocenters. The molecule has 0 unspecified atom stereocenters. The number of carbonyl (C=O) groups excluding carboxylic acids is 2. The number of aryl methyl sites for hydroxylation is 1. The van der Waals surface area contributed by atoms with E-state index in [9.17, 15) is 9.59 Å². The number of aromatic nitrogens is 2. The normalized spacial score (nSPS) is 13.4. The molecule has 5 heteroatoms. The molecule has 0 bridgehead atoms. The average molecular weight is 420 g/mol. The number of ketones is 2. The molecule has 148 valence electrons. The van der Waals surface area contributed by atoms with Gasteiger partial charge in [0.05, 0.1) is 21.5 Å². The Bertz CT molecular complexity index is 1520. The van der Waals surface area contributed by atoms with Crippen molar-refractivity contribution in [2.75, 3.05) is 0 Å². The van der Waals surface area contributed by atoms with Gasteiger partial charge in [-0.15, -0.1) is 11.3 Å². The lowest BCUT2D eigenvalue weighted by Crippen LogP contribution is -1.99. The minimum Gasteiger partial charge on any atom is -0.343 e. The molecular formula is C26H16N2O2S. The fourth-order valence-corrected chi connectivity index (χ4v) is 5.35. The summed E-state index contributed by atoms with van der Waals surface area (Å²) in [6.07, 6.45) is 5.35. The van der Waals surface area contributed by atoms with Gasteiger partial charge in [-0.1, -0.05) is 24.3 Å². The number of Topliss-reactive ketones (excluding diaryl/α,β-unsaturated/α-hetero) is 2. The largest absolute Gasteiger partial charge is 0.343 e. The predicted octanol–water partition coefficient (Wildman–Crippen LogP) is 5.92. The molecule has 0 spiro atoms. The molecule has 0 radical (unpaired) electrons. The van der Waals surface area contributed by atoms with E-state index in [0.29, 0.717) is 11.1 Å². The number of rotatable bonds is 2. The average Bonchev–Trinajstić information content (AvgIpc) is 3.41. The van der Waals surface area contributed by atoms with Crippen LogP contribution in [0.2, 0.25) is 0 Å². The lowest BCUT2D eigenvalue weighted by atomic mass is 10.0. The maximum Gasteiger partial charge on any atom is 0.197 e. The van der Waals surface area contributed by atoms with Crippen LogP contribution in [-0.4, -0.2) is 21.1 Å². The quantitative estimate of drug-likeness (QED) is 0.263. The van der Waals surface area contributed by atoms with E-state index in [2.05, 4.69) is 15.6 Å². The highest BCUT2D eigenvalue weighted by Crippen LogP contribution is 2.36. The monoisotopic (exact) mass is 420 g/mol. The van der Waals surface area contributed by atoms with E-state index in [1.54, 1.807) is 23.6 Å². The number of hydrogen-bond donors (Lipinski definition) is 0. The van der Waals surface area contributed by atoms with Crippen molar-refractivity contribution in [2.45, 2.75) is 0 Å². The summed E-state index contributed by atoms with van der Waals surface area (Å²) in [5.74, 6) is -0.390. The molecule has 31 heavy (non-hydrogen) atoms. The molecule has 4 nitrogen and oxygen atoms in total. The maximum atomic E-state index is 13.0. The van der Waals surface area contributed by atoms with Crippen LogP contribution in [0.5, 0.6) is 0 Å². The Hall–Kier alpha value is -3.83. The highest BCUT2D eigenvalue weighted by atomic mass is 32.1. The smallest absolute Gasteiger partial charge is 0.197 e. The van der Waals surface area contributed by atoms with Crippen LogP contribution >= 0.6 is 11.3 Å². The highest BCUT2D eigenvalue weighted by molar-refractivity contribution is 7.19. The molecule has 0 amide bonds. The van der Waals surface area contributed by atoms with Gasteiger partial charge in [0.2, 0.25) is 0 Å². The first-order valence-corrected chi connectivity index (χ1v) is 10.8. The second-order valence-corrected chi connectivity index (χ2v) is 8.81. The van der Waals surface area contributed by atoms with Gasteiger partial charge in [-0.25, -0.2) is 0 Å². The lowest BCUT2D eigenvalue weighted by Gasteiger charge is -2.02. The van der Waals surface area contributed by atoms with E-state index >= 15 is 0 Å². The summed E-state index contributed by atoms with van der Waals surface area (Å²) in [6, 6.07) is 19.6. The first-order valence-electron chi connectivity index (χ1n) is 9.94. The zero-order chi connectivity index (χ0) is 21.1. The van der Waals surface area contributed by atoms with Gasteiger partial charge in [0.1, 0.15) is 0 Å². The number of nitrogens with zero attached hydrogens (tertiary/aromatic N) is 2. The van der Waals surface area contributed by atoms with E-state index in [0.717, 1.165) is 37.1 Å². The van der Waals surface area contributed by atoms with Gasteiger partial charge in [-0.2, -0.15) is 0 Å². The second kappa shape index (κ2) is 6.59. The van der Waals surface area contributed by atoms with Crippen LogP contribution in [0.4, 0.5) is 0 Å². The van der Waals surface area contributed by atoms with Gasteiger partial charge in [-0.3, -0.25) is 14.6 Å². The second-order valence-electron chi connectivity index (χ2n) is 7.69. The number of hydrogen-bond acceptors (Lipinski definition) is 4. The summed E-state index contributed by atoms with van der Waals surface area (Å²) in [6.45, 7) is 0. The van der Waals surface area contributed by atoms with Gasteiger partial charge < -0.3 is 4.57 Å². The Morgan fingerprint density at radius 3 is 2.23 bits per heavy atom. The zero-order valence-electron chi connectivity index (χ0n) is 16.6. The molecule has 0 N–H and O–H groups in total. The van der Waals surface area contributed by atoms with E-state index in [1.165, 1.54) is 0 Å². The van der Waals surface area contributed by atoms with E-state index in [-0.39, 0.29) is 17.1 Å². The van der Waals surface area contributed by atoms with Gasteiger partial charge in [0.25, 0.3) is 0 Å². The molecular weight excluding hydrogens is 404 g/mol. The lowest BCUT2D eigenvalue weighted by molar-refractivity contribution is 0.0990. The maximum absolute atomic E-state index is 13.0. The van der Waals surface area contributed by atoms with Crippen LogP contribution in [0.3, 0.4) is 0 Å². The fourth-order valence-electron chi connectivity index (χ4n) is 4.28. The van der Waals surface area contributed by atoms with E-state index in [4.69, 9.17) is 0 Å². The minimum atomic E-state index is -0.195. The van der Waals surface area contributed by atoms with Gasteiger partial charge in [-0.05, 0) is 53.2 Å². The molecule has 2 aromatic carbocycles. The summed E-state index contributed by atoms with van der Waals surface area (Å²) in [4.78, 5) is 31.1. The van der Waals surface area contributed by atoms with Gasteiger partial charge in [0.15, 0.2) is 11.6 Å². The van der Waals surface area contributed by atoms with Crippen molar-refractivity contribution < 1.29 is 9.59 Å². The van der Waals surface area contributed by atoms with Crippen molar-refractivity contribution in [3.05, 3.63) is 94.6 Å². The summed E-state index contributed by atoms with van der Waals surface area (Å²) < 4.78 is 3.22. The number of benzene rings is 2. The Balaban J connectivity index is 1.42. The molecule has 0 fully saturated rings. The number of carbonyl (C=O) groups is 2. The first kappa shape index (κ1) is 18.0. The molecule has 3 aromatic heterocycles.